The fourth-order valence-corrected chi connectivity index (χ4v) is 1.35. The largest absolute Gasteiger partial charge is 0.207 e. The van der Waals surface area contributed by atoms with E-state index in [1.54, 1.807) is 11.8 Å². The smallest absolute Gasteiger partial charge is 0.139 e. The number of benzene rings is 1. The topological polar surface area (TPSA) is 0 Å². The normalized spacial score (nSPS) is 9.80. The molecule has 0 aromatic heterocycles. The van der Waals surface area contributed by atoms with Crippen LogP contribution in [0.5, 0.6) is 0 Å². The van der Waals surface area contributed by atoms with E-state index in [1.807, 2.05) is 20.2 Å². The van der Waals surface area contributed by atoms with Crippen LogP contribution in [-0.4, -0.2) is 14.1 Å². The molecule has 0 aliphatic rings. The third-order valence-corrected chi connectivity index (χ3v) is 1.96. The highest BCUT2D eigenvalue weighted by Gasteiger charge is 1.94. The molecular weight excluding hydrogens is 146 g/mol. The molecule has 0 atom stereocenters. The Hall–Kier alpha value is -0.435. The summed E-state index contributed by atoms with van der Waals surface area (Å²) in [4.78, 5) is 0.984. The molecule has 52 valence electrons. The lowest BCUT2D eigenvalue weighted by Gasteiger charge is -1.97. The fourth-order valence-electron chi connectivity index (χ4n) is 0.821. The fraction of sp³-hybridized carbons (Fsp3) is 0.143. The van der Waals surface area contributed by atoms with Gasteiger partial charge in [0.1, 0.15) is 13.7 Å². The molecule has 0 aliphatic carbocycles. The van der Waals surface area contributed by atoms with Crippen LogP contribution in [0.4, 0.5) is 4.39 Å². The van der Waals surface area contributed by atoms with E-state index < -0.39 is 0 Å². The zero-order valence-corrected chi connectivity index (χ0v) is 6.83. The molecule has 1 aromatic rings. The Morgan fingerprint density at radius 3 is 2.60 bits per heavy atom. The highest BCUT2D eigenvalue weighted by Crippen LogP contribution is 2.13. The second-order valence-electron chi connectivity index (χ2n) is 2.17. The molecule has 0 heterocycles. The molecule has 0 nitrogen and oxygen atoms in total. The van der Waals surface area contributed by atoms with E-state index in [9.17, 15) is 4.39 Å². The second-order valence-corrected chi connectivity index (χ2v) is 3.05. The van der Waals surface area contributed by atoms with Crippen LogP contribution in [-0.2, 0) is 0 Å². The molecule has 0 bridgehead atoms. The molecule has 10 heavy (non-hydrogen) atoms. The lowest BCUT2D eigenvalue weighted by atomic mass is 9.97. The highest BCUT2D eigenvalue weighted by atomic mass is 32.2. The van der Waals surface area contributed by atoms with Gasteiger partial charge >= 0.3 is 0 Å². The van der Waals surface area contributed by atoms with E-state index in [1.165, 1.54) is 12.1 Å². The Kier molecular flexibility index (Phi) is 2.38. The lowest BCUT2D eigenvalue weighted by Crippen LogP contribution is -2.02. The van der Waals surface area contributed by atoms with Crippen molar-refractivity contribution in [1.82, 2.24) is 0 Å². The predicted octanol–water partition coefficient (Wildman–Crippen LogP) is 0.806. The number of rotatable bonds is 1. The van der Waals surface area contributed by atoms with Crippen molar-refractivity contribution in [1.29, 1.82) is 0 Å². The first-order valence-electron chi connectivity index (χ1n) is 3.03. The maximum absolute atomic E-state index is 12.6. The van der Waals surface area contributed by atoms with Crippen molar-refractivity contribution >= 4 is 25.1 Å². The van der Waals surface area contributed by atoms with Crippen LogP contribution in [0.1, 0.15) is 0 Å². The summed E-state index contributed by atoms with van der Waals surface area (Å²) in [6.07, 6.45) is 1.94. The molecular formula is C7H8BFS. The van der Waals surface area contributed by atoms with Crippen molar-refractivity contribution in [3.05, 3.63) is 24.0 Å². The van der Waals surface area contributed by atoms with Gasteiger partial charge in [-0.1, -0.05) is 11.5 Å². The molecule has 1 rings (SSSR count). The van der Waals surface area contributed by atoms with Crippen LogP contribution in [0, 0.1) is 5.82 Å². The van der Waals surface area contributed by atoms with Gasteiger partial charge in [0.05, 0.1) is 0 Å². The van der Waals surface area contributed by atoms with Crippen LogP contribution >= 0.6 is 11.8 Å². The predicted molar refractivity (Wildman–Crippen MR) is 46.4 cm³/mol. The first-order valence-corrected chi connectivity index (χ1v) is 4.26. The van der Waals surface area contributed by atoms with Gasteiger partial charge in [0.15, 0.2) is 0 Å². The van der Waals surface area contributed by atoms with Crippen molar-refractivity contribution in [3.8, 4) is 0 Å². The summed E-state index contributed by atoms with van der Waals surface area (Å²) in [5, 5.41) is 0. The first-order chi connectivity index (χ1) is 4.72. The van der Waals surface area contributed by atoms with Crippen molar-refractivity contribution < 1.29 is 4.39 Å². The van der Waals surface area contributed by atoms with E-state index in [-0.39, 0.29) is 5.82 Å². The molecule has 0 fully saturated rings. The van der Waals surface area contributed by atoms with Gasteiger partial charge in [0.2, 0.25) is 0 Å². The van der Waals surface area contributed by atoms with Gasteiger partial charge in [-0.15, -0.1) is 11.8 Å². The highest BCUT2D eigenvalue weighted by molar-refractivity contribution is 7.98. The summed E-state index contributed by atoms with van der Waals surface area (Å²) in [5.41, 5.74) is 0.976. The number of hydrogen-bond donors (Lipinski definition) is 0. The van der Waals surface area contributed by atoms with Crippen molar-refractivity contribution in [2.24, 2.45) is 0 Å². The second kappa shape index (κ2) is 3.10. The van der Waals surface area contributed by atoms with Gasteiger partial charge in [-0.25, -0.2) is 4.39 Å². The zero-order chi connectivity index (χ0) is 7.56. The summed E-state index contributed by atoms with van der Waals surface area (Å²) in [7, 11) is 1.89. The Morgan fingerprint density at radius 1 is 1.40 bits per heavy atom. The van der Waals surface area contributed by atoms with Crippen LogP contribution in [0.15, 0.2) is 23.1 Å². The van der Waals surface area contributed by atoms with Crippen LogP contribution in [0.2, 0.25) is 0 Å². The minimum Gasteiger partial charge on any atom is -0.207 e. The lowest BCUT2D eigenvalue weighted by molar-refractivity contribution is 0.625. The van der Waals surface area contributed by atoms with Gasteiger partial charge < -0.3 is 0 Å². The maximum Gasteiger partial charge on any atom is 0.139 e. The minimum atomic E-state index is -0.149. The molecule has 0 N–H and O–H groups in total. The number of hydrogen-bond acceptors (Lipinski definition) is 1. The van der Waals surface area contributed by atoms with Crippen LogP contribution < -0.4 is 5.46 Å². The summed E-state index contributed by atoms with van der Waals surface area (Å²) < 4.78 is 12.6. The number of halogens is 1. The molecule has 0 unspecified atom stereocenters. The third kappa shape index (κ3) is 1.77. The Labute approximate surface area is 65.2 Å². The van der Waals surface area contributed by atoms with E-state index in [0.29, 0.717) is 0 Å². The van der Waals surface area contributed by atoms with E-state index in [4.69, 9.17) is 0 Å². The quantitative estimate of drug-likeness (QED) is 0.426. The summed E-state index contributed by atoms with van der Waals surface area (Å²) in [6, 6.07) is 5.03. The van der Waals surface area contributed by atoms with Gasteiger partial charge in [-0.3, -0.25) is 0 Å². The van der Waals surface area contributed by atoms with Gasteiger partial charge in [0, 0.05) is 4.90 Å². The summed E-state index contributed by atoms with van der Waals surface area (Å²) >= 11 is 1.56. The van der Waals surface area contributed by atoms with Crippen LogP contribution in [0.3, 0.4) is 0 Å². The van der Waals surface area contributed by atoms with Crippen molar-refractivity contribution in [2.75, 3.05) is 6.26 Å². The SMILES string of the molecule is Bc1cc(F)cc(SC)c1. The van der Waals surface area contributed by atoms with Crippen LogP contribution in [0.25, 0.3) is 0 Å². The zero-order valence-electron chi connectivity index (χ0n) is 6.02. The Morgan fingerprint density at radius 2 is 2.10 bits per heavy atom. The molecule has 0 radical (unpaired) electrons. The summed E-state index contributed by atoms with van der Waals surface area (Å²) in [5.74, 6) is -0.149. The van der Waals surface area contributed by atoms with Crippen molar-refractivity contribution in [2.45, 2.75) is 4.90 Å². The van der Waals surface area contributed by atoms with E-state index >= 15 is 0 Å². The summed E-state index contributed by atoms with van der Waals surface area (Å²) in [6.45, 7) is 0. The standard InChI is InChI=1S/C7H8BFS/c1-10-7-3-5(8)2-6(9)4-7/h2-4H,8H2,1H3. The average molecular weight is 154 g/mol. The molecule has 0 aliphatic heterocycles. The molecule has 1 aromatic carbocycles. The van der Waals surface area contributed by atoms with Gasteiger partial charge in [0.25, 0.3) is 0 Å². The maximum atomic E-state index is 12.6. The minimum absolute atomic E-state index is 0.149. The average Bonchev–Trinajstić information content (AvgIpc) is 1.85. The van der Waals surface area contributed by atoms with Crippen molar-refractivity contribution in [3.63, 3.8) is 0 Å². The Bertz CT molecular complexity index is 217. The molecule has 0 saturated carbocycles. The Balaban J connectivity index is 3.06. The van der Waals surface area contributed by atoms with E-state index in [2.05, 4.69) is 0 Å². The molecule has 0 amide bonds. The molecule has 0 spiro atoms. The third-order valence-electron chi connectivity index (χ3n) is 1.25. The van der Waals surface area contributed by atoms with E-state index in [0.717, 1.165) is 10.4 Å². The number of thioether (sulfide) groups is 1. The first kappa shape index (κ1) is 7.67. The molecule has 0 saturated heterocycles. The van der Waals surface area contributed by atoms with Gasteiger partial charge in [-0.2, -0.15) is 0 Å². The van der Waals surface area contributed by atoms with Gasteiger partial charge in [-0.05, 0) is 18.4 Å². The molecule has 3 heteroatoms. The monoisotopic (exact) mass is 154 g/mol.